The second kappa shape index (κ2) is 4.68. The maximum absolute atomic E-state index is 11.7. The van der Waals surface area contributed by atoms with Gasteiger partial charge in [0.05, 0.1) is 11.6 Å². The second-order valence-electron chi connectivity index (χ2n) is 4.55. The van der Waals surface area contributed by atoms with Crippen LogP contribution in [0.15, 0.2) is 29.5 Å². The monoisotopic (exact) mass is 291 g/mol. The van der Waals surface area contributed by atoms with E-state index in [4.69, 9.17) is 27.4 Å². The third-order valence-electron chi connectivity index (χ3n) is 3.26. The van der Waals surface area contributed by atoms with E-state index < -0.39 is 11.9 Å². The van der Waals surface area contributed by atoms with Gasteiger partial charge in [0.15, 0.2) is 16.6 Å². The first-order chi connectivity index (χ1) is 9.56. The molecule has 0 saturated carbocycles. The molecule has 0 aromatic heterocycles. The Balaban J connectivity index is 2.05. The summed E-state index contributed by atoms with van der Waals surface area (Å²) in [6.07, 6.45) is 0. The minimum absolute atomic E-state index is 0.203. The highest BCUT2D eigenvalue weighted by atomic mass is 32.1. The molecule has 2 aliphatic rings. The van der Waals surface area contributed by atoms with Gasteiger partial charge in [-0.1, -0.05) is 6.07 Å². The number of nitrogens with two attached hydrogens (primary N) is 1. The first-order valence-corrected chi connectivity index (χ1v) is 6.44. The summed E-state index contributed by atoms with van der Waals surface area (Å²) in [4.78, 5) is 11.7. The third kappa shape index (κ3) is 2.05. The van der Waals surface area contributed by atoms with E-state index in [9.17, 15) is 4.79 Å². The van der Waals surface area contributed by atoms with Crippen LogP contribution in [0.2, 0.25) is 0 Å². The van der Waals surface area contributed by atoms with Crippen molar-refractivity contribution < 1.29 is 14.3 Å². The number of carbonyl (C=O) groups is 1. The van der Waals surface area contributed by atoms with Gasteiger partial charge in [-0.15, -0.1) is 0 Å². The fourth-order valence-corrected chi connectivity index (χ4v) is 2.63. The van der Waals surface area contributed by atoms with Crippen LogP contribution in [0.4, 0.5) is 0 Å². The minimum Gasteiger partial charge on any atom is -0.454 e. The van der Waals surface area contributed by atoms with Gasteiger partial charge in [0.25, 0.3) is 0 Å². The van der Waals surface area contributed by atoms with Crippen LogP contribution in [0, 0.1) is 0 Å². The molecule has 1 amide bonds. The molecule has 7 heteroatoms. The van der Waals surface area contributed by atoms with E-state index in [0.29, 0.717) is 27.9 Å². The van der Waals surface area contributed by atoms with Gasteiger partial charge in [-0.05, 0) is 36.8 Å². The number of carbonyl (C=O) groups excluding carboxylic acids is 1. The van der Waals surface area contributed by atoms with Crippen LogP contribution in [0.25, 0.3) is 0 Å². The smallest absolute Gasteiger partial charge is 0.248 e. The molecule has 0 unspecified atom stereocenters. The summed E-state index contributed by atoms with van der Waals surface area (Å²) in [5, 5.41) is 6.41. The van der Waals surface area contributed by atoms with Gasteiger partial charge in [-0.25, -0.2) is 0 Å². The molecular weight excluding hydrogens is 278 g/mol. The molecule has 1 aromatic carbocycles. The summed E-state index contributed by atoms with van der Waals surface area (Å²) in [5.74, 6) is 0.842. The maximum atomic E-state index is 11.7. The first-order valence-electron chi connectivity index (χ1n) is 6.04. The zero-order valence-electron chi connectivity index (χ0n) is 10.7. The standard InChI is InChI=1S/C13H13N3O3S/c1-6-10(12(14)17)11(16-13(20)15-6)7-2-3-8-9(4-7)19-5-18-8/h2-4,11H,5H2,1H3,(H2,14,17)(H2,15,16,20)/t11-/m0/s1. The molecule has 0 fully saturated rings. The Bertz CT molecular complexity index is 642. The first kappa shape index (κ1) is 12.7. The molecule has 1 atom stereocenters. The Morgan fingerprint density at radius 2 is 2.15 bits per heavy atom. The number of amides is 1. The molecule has 0 saturated heterocycles. The lowest BCUT2D eigenvalue weighted by atomic mass is 9.95. The topological polar surface area (TPSA) is 85.6 Å². The van der Waals surface area contributed by atoms with Crippen LogP contribution in [0.1, 0.15) is 18.5 Å². The van der Waals surface area contributed by atoms with Crippen molar-refractivity contribution in [2.45, 2.75) is 13.0 Å². The Kier molecular flexibility index (Phi) is 2.98. The van der Waals surface area contributed by atoms with Crippen molar-refractivity contribution >= 4 is 23.2 Å². The van der Waals surface area contributed by atoms with Gasteiger partial charge in [0, 0.05) is 5.70 Å². The molecule has 2 heterocycles. The van der Waals surface area contributed by atoms with Crippen molar-refractivity contribution in [1.29, 1.82) is 0 Å². The molecule has 0 bridgehead atoms. The van der Waals surface area contributed by atoms with E-state index in [2.05, 4.69) is 10.6 Å². The fraction of sp³-hybridized carbons (Fsp3) is 0.231. The number of hydrogen-bond donors (Lipinski definition) is 3. The Labute approximate surface area is 120 Å². The Morgan fingerprint density at radius 3 is 2.90 bits per heavy atom. The van der Waals surface area contributed by atoms with E-state index in [1.165, 1.54) is 0 Å². The van der Waals surface area contributed by atoms with E-state index in [-0.39, 0.29) is 6.79 Å². The number of nitrogens with one attached hydrogen (secondary N) is 2. The number of thiocarbonyl (C=S) groups is 1. The molecule has 0 radical (unpaired) electrons. The van der Waals surface area contributed by atoms with Crippen molar-refractivity contribution in [3.8, 4) is 11.5 Å². The molecule has 4 N–H and O–H groups in total. The lowest BCUT2D eigenvalue weighted by Gasteiger charge is -2.29. The summed E-state index contributed by atoms with van der Waals surface area (Å²) < 4.78 is 10.6. The number of fused-ring (bicyclic) bond motifs is 1. The van der Waals surface area contributed by atoms with Crippen molar-refractivity contribution in [2.24, 2.45) is 5.73 Å². The molecule has 0 aliphatic carbocycles. The van der Waals surface area contributed by atoms with Gasteiger partial charge < -0.3 is 25.8 Å². The van der Waals surface area contributed by atoms with Crippen molar-refractivity contribution in [3.05, 3.63) is 35.0 Å². The SMILES string of the molecule is CC1=C(C(N)=O)[C@H](c2ccc3c(c2)OCO3)NC(=S)N1. The number of benzene rings is 1. The Morgan fingerprint density at radius 1 is 1.40 bits per heavy atom. The van der Waals surface area contributed by atoms with Gasteiger partial charge in [0.2, 0.25) is 12.7 Å². The minimum atomic E-state index is -0.493. The lowest BCUT2D eigenvalue weighted by molar-refractivity contribution is -0.115. The molecule has 2 aliphatic heterocycles. The van der Waals surface area contributed by atoms with Crippen LogP contribution in [-0.2, 0) is 4.79 Å². The number of ether oxygens (including phenoxy) is 2. The highest BCUT2D eigenvalue weighted by Crippen LogP contribution is 2.36. The van der Waals surface area contributed by atoms with Gasteiger partial charge in [0.1, 0.15) is 0 Å². The number of primary amides is 1. The van der Waals surface area contributed by atoms with Crippen LogP contribution in [0.5, 0.6) is 11.5 Å². The lowest BCUT2D eigenvalue weighted by Crippen LogP contribution is -2.46. The molecule has 0 spiro atoms. The van der Waals surface area contributed by atoms with E-state index in [1.54, 1.807) is 13.0 Å². The number of hydrogen-bond acceptors (Lipinski definition) is 4. The van der Waals surface area contributed by atoms with Crippen LogP contribution in [0.3, 0.4) is 0 Å². The van der Waals surface area contributed by atoms with Crippen LogP contribution in [-0.4, -0.2) is 17.8 Å². The molecular formula is C13H13N3O3S. The van der Waals surface area contributed by atoms with E-state index >= 15 is 0 Å². The zero-order valence-corrected chi connectivity index (χ0v) is 11.5. The quantitative estimate of drug-likeness (QED) is 0.695. The predicted octanol–water partition coefficient (Wildman–Crippen LogP) is 0.693. The van der Waals surface area contributed by atoms with E-state index in [1.807, 2.05) is 12.1 Å². The van der Waals surface area contributed by atoms with Crippen molar-refractivity contribution in [3.63, 3.8) is 0 Å². The fourth-order valence-electron chi connectivity index (χ4n) is 2.36. The van der Waals surface area contributed by atoms with Gasteiger partial charge in [-0.2, -0.15) is 0 Å². The zero-order chi connectivity index (χ0) is 14.3. The number of rotatable bonds is 2. The molecule has 6 nitrogen and oxygen atoms in total. The van der Waals surface area contributed by atoms with Gasteiger partial charge in [-0.3, -0.25) is 4.79 Å². The second-order valence-corrected chi connectivity index (χ2v) is 4.96. The molecule has 20 heavy (non-hydrogen) atoms. The normalized spacial score (nSPS) is 20.4. The molecule has 104 valence electrons. The molecule has 3 rings (SSSR count). The summed E-state index contributed by atoms with van der Waals surface area (Å²) in [6.45, 7) is 1.97. The number of allylic oxidation sites excluding steroid dienone is 1. The molecule has 1 aromatic rings. The third-order valence-corrected chi connectivity index (χ3v) is 3.48. The average Bonchev–Trinajstić information content (AvgIpc) is 2.84. The summed E-state index contributed by atoms with van der Waals surface area (Å²) in [6, 6.07) is 5.09. The van der Waals surface area contributed by atoms with Crippen molar-refractivity contribution in [2.75, 3.05) is 6.79 Å². The predicted molar refractivity (Wildman–Crippen MR) is 76.1 cm³/mol. The summed E-state index contributed by atoms with van der Waals surface area (Å²) in [7, 11) is 0. The maximum Gasteiger partial charge on any atom is 0.248 e. The highest BCUT2D eigenvalue weighted by molar-refractivity contribution is 7.80. The highest BCUT2D eigenvalue weighted by Gasteiger charge is 2.29. The van der Waals surface area contributed by atoms with Crippen LogP contribution >= 0.6 is 12.2 Å². The van der Waals surface area contributed by atoms with E-state index in [0.717, 1.165) is 5.56 Å². The van der Waals surface area contributed by atoms with Crippen molar-refractivity contribution in [1.82, 2.24) is 10.6 Å². The Hall–Kier alpha value is -2.28. The van der Waals surface area contributed by atoms with Gasteiger partial charge >= 0.3 is 0 Å². The summed E-state index contributed by atoms with van der Waals surface area (Å²) >= 11 is 5.13. The largest absolute Gasteiger partial charge is 0.454 e. The summed E-state index contributed by atoms with van der Waals surface area (Å²) in [5.41, 5.74) is 7.42. The average molecular weight is 291 g/mol. The van der Waals surface area contributed by atoms with Crippen LogP contribution < -0.4 is 25.8 Å².